The minimum absolute atomic E-state index is 0.168. The maximum atomic E-state index is 12.4. The molecule has 0 atom stereocenters. The number of hydrogen-bond acceptors (Lipinski definition) is 3. The molecule has 132 valence electrons. The number of carboxylic acid groups (broad SMARTS) is 1. The molecule has 0 bridgehead atoms. The Balaban J connectivity index is 1.43. The molecule has 1 saturated heterocycles. The molecule has 1 aliphatic rings. The molecule has 0 aliphatic carbocycles. The standard InChI is InChI=1S/C19H23N3O3/c23-18(8-4-7-15-5-2-1-3-6-15)21-11-9-17(10-12-21)22-14-16(13-20-22)19(24)25/h1-3,5-6,13-14,17H,4,7-12H2,(H,24,25). The van der Waals surface area contributed by atoms with Gasteiger partial charge in [-0.25, -0.2) is 4.79 Å². The zero-order valence-corrected chi connectivity index (χ0v) is 14.2. The highest BCUT2D eigenvalue weighted by molar-refractivity contribution is 5.86. The van der Waals surface area contributed by atoms with Crippen LogP contribution in [0.25, 0.3) is 0 Å². The summed E-state index contributed by atoms with van der Waals surface area (Å²) in [6.07, 6.45) is 6.94. The van der Waals surface area contributed by atoms with Gasteiger partial charge in [-0.15, -0.1) is 0 Å². The van der Waals surface area contributed by atoms with Crippen LogP contribution in [0.1, 0.15) is 47.6 Å². The van der Waals surface area contributed by atoms with Crippen LogP contribution in [0.2, 0.25) is 0 Å². The van der Waals surface area contributed by atoms with Crippen LogP contribution in [0.15, 0.2) is 42.7 Å². The summed E-state index contributed by atoms with van der Waals surface area (Å²) in [7, 11) is 0. The number of nitrogens with zero attached hydrogens (tertiary/aromatic N) is 3. The molecule has 2 aromatic rings. The van der Waals surface area contributed by atoms with Gasteiger partial charge in [-0.1, -0.05) is 30.3 Å². The van der Waals surface area contributed by atoms with E-state index in [1.165, 1.54) is 11.8 Å². The third kappa shape index (κ3) is 4.47. The number of carbonyl (C=O) groups is 2. The van der Waals surface area contributed by atoms with Gasteiger partial charge in [0.2, 0.25) is 5.91 Å². The van der Waals surface area contributed by atoms with Crippen LogP contribution < -0.4 is 0 Å². The minimum atomic E-state index is -0.961. The third-order valence-corrected chi connectivity index (χ3v) is 4.74. The van der Waals surface area contributed by atoms with E-state index in [1.54, 1.807) is 10.9 Å². The summed E-state index contributed by atoms with van der Waals surface area (Å²) in [5.74, 6) is -0.752. The molecule has 25 heavy (non-hydrogen) atoms. The highest BCUT2D eigenvalue weighted by Gasteiger charge is 2.24. The second-order valence-corrected chi connectivity index (χ2v) is 6.47. The predicted octanol–water partition coefficient (Wildman–Crippen LogP) is 2.77. The second kappa shape index (κ2) is 7.96. The summed E-state index contributed by atoms with van der Waals surface area (Å²) in [6, 6.07) is 10.4. The van der Waals surface area contributed by atoms with Crippen molar-refractivity contribution in [3.8, 4) is 0 Å². The summed E-state index contributed by atoms with van der Waals surface area (Å²) >= 11 is 0. The number of rotatable bonds is 6. The molecule has 1 fully saturated rings. The Hall–Kier alpha value is -2.63. The van der Waals surface area contributed by atoms with E-state index < -0.39 is 5.97 Å². The summed E-state index contributed by atoms with van der Waals surface area (Å²) in [4.78, 5) is 25.2. The van der Waals surface area contributed by atoms with Crippen molar-refractivity contribution < 1.29 is 14.7 Å². The lowest BCUT2D eigenvalue weighted by atomic mass is 10.0. The molecular formula is C19H23N3O3. The molecule has 0 radical (unpaired) electrons. The lowest BCUT2D eigenvalue weighted by molar-refractivity contribution is -0.132. The van der Waals surface area contributed by atoms with Crippen molar-refractivity contribution in [2.75, 3.05) is 13.1 Å². The Morgan fingerprint density at radius 1 is 1.16 bits per heavy atom. The number of carbonyl (C=O) groups excluding carboxylic acids is 1. The maximum absolute atomic E-state index is 12.4. The van der Waals surface area contributed by atoms with Gasteiger partial charge in [0.15, 0.2) is 0 Å². The number of benzene rings is 1. The zero-order valence-electron chi connectivity index (χ0n) is 14.2. The fourth-order valence-electron chi connectivity index (χ4n) is 3.27. The second-order valence-electron chi connectivity index (χ2n) is 6.47. The van der Waals surface area contributed by atoms with E-state index in [2.05, 4.69) is 17.2 Å². The van der Waals surface area contributed by atoms with Crippen molar-refractivity contribution in [3.63, 3.8) is 0 Å². The number of aryl methyl sites for hydroxylation is 1. The van der Waals surface area contributed by atoms with Crippen LogP contribution in [0, 0.1) is 0 Å². The zero-order chi connectivity index (χ0) is 17.6. The van der Waals surface area contributed by atoms with E-state index in [0.29, 0.717) is 19.5 Å². The highest BCUT2D eigenvalue weighted by Crippen LogP contribution is 2.23. The number of likely N-dealkylation sites (tertiary alicyclic amines) is 1. The Morgan fingerprint density at radius 2 is 1.88 bits per heavy atom. The van der Waals surface area contributed by atoms with Gasteiger partial charge in [-0.05, 0) is 31.2 Å². The number of aromatic carboxylic acids is 1. The SMILES string of the molecule is O=C(O)c1cnn(C2CCN(C(=O)CCCc3ccccc3)CC2)c1. The Kier molecular flexibility index (Phi) is 5.48. The molecule has 1 aromatic carbocycles. The van der Waals surface area contributed by atoms with Crippen LogP contribution in [0.5, 0.6) is 0 Å². The molecule has 2 heterocycles. The molecule has 0 unspecified atom stereocenters. The number of piperidine rings is 1. The molecule has 1 N–H and O–H groups in total. The summed E-state index contributed by atoms with van der Waals surface area (Å²) in [6.45, 7) is 1.41. The van der Waals surface area contributed by atoms with Crippen molar-refractivity contribution in [1.82, 2.24) is 14.7 Å². The van der Waals surface area contributed by atoms with Crippen molar-refractivity contribution in [2.24, 2.45) is 0 Å². The highest BCUT2D eigenvalue weighted by atomic mass is 16.4. The van der Waals surface area contributed by atoms with Gasteiger partial charge in [0.05, 0.1) is 17.8 Å². The maximum Gasteiger partial charge on any atom is 0.338 e. The lowest BCUT2D eigenvalue weighted by Gasteiger charge is -2.32. The molecule has 6 nitrogen and oxygen atoms in total. The number of amides is 1. The number of aromatic nitrogens is 2. The van der Waals surface area contributed by atoms with Crippen LogP contribution in [0.3, 0.4) is 0 Å². The average Bonchev–Trinajstić information content (AvgIpc) is 3.13. The summed E-state index contributed by atoms with van der Waals surface area (Å²) in [5, 5.41) is 13.1. The normalized spacial score (nSPS) is 15.3. The van der Waals surface area contributed by atoms with Gasteiger partial charge in [0.25, 0.3) is 0 Å². The van der Waals surface area contributed by atoms with E-state index in [4.69, 9.17) is 5.11 Å². The lowest BCUT2D eigenvalue weighted by Crippen LogP contribution is -2.39. The van der Waals surface area contributed by atoms with E-state index in [0.717, 1.165) is 25.7 Å². The van der Waals surface area contributed by atoms with Gasteiger partial charge < -0.3 is 10.0 Å². The molecule has 3 rings (SSSR count). The Morgan fingerprint density at radius 3 is 2.52 bits per heavy atom. The number of carboxylic acids is 1. The Labute approximate surface area is 147 Å². The van der Waals surface area contributed by atoms with E-state index >= 15 is 0 Å². The molecular weight excluding hydrogens is 318 g/mol. The predicted molar refractivity (Wildman–Crippen MR) is 93.4 cm³/mol. The van der Waals surface area contributed by atoms with Crippen molar-refractivity contribution in [3.05, 3.63) is 53.9 Å². The Bertz CT molecular complexity index is 719. The fourth-order valence-corrected chi connectivity index (χ4v) is 3.27. The van der Waals surface area contributed by atoms with Gasteiger partial charge in [-0.3, -0.25) is 9.48 Å². The quantitative estimate of drug-likeness (QED) is 0.876. The van der Waals surface area contributed by atoms with Gasteiger partial charge in [-0.2, -0.15) is 5.10 Å². The monoisotopic (exact) mass is 341 g/mol. The molecule has 6 heteroatoms. The first-order valence-corrected chi connectivity index (χ1v) is 8.72. The first kappa shape index (κ1) is 17.2. The van der Waals surface area contributed by atoms with Crippen LogP contribution in [0.4, 0.5) is 0 Å². The van der Waals surface area contributed by atoms with Gasteiger partial charge in [0.1, 0.15) is 0 Å². The average molecular weight is 341 g/mol. The fraction of sp³-hybridized carbons (Fsp3) is 0.421. The third-order valence-electron chi connectivity index (χ3n) is 4.74. The summed E-state index contributed by atoms with van der Waals surface area (Å²) in [5.41, 5.74) is 1.47. The molecule has 0 spiro atoms. The van der Waals surface area contributed by atoms with E-state index in [-0.39, 0.29) is 17.5 Å². The molecule has 1 aromatic heterocycles. The van der Waals surface area contributed by atoms with Crippen molar-refractivity contribution >= 4 is 11.9 Å². The van der Waals surface area contributed by atoms with Crippen LogP contribution in [-0.2, 0) is 11.2 Å². The summed E-state index contributed by atoms with van der Waals surface area (Å²) < 4.78 is 1.72. The minimum Gasteiger partial charge on any atom is -0.478 e. The van der Waals surface area contributed by atoms with Gasteiger partial charge >= 0.3 is 5.97 Å². The molecule has 0 saturated carbocycles. The topological polar surface area (TPSA) is 75.4 Å². The van der Waals surface area contributed by atoms with Crippen LogP contribution >= 0.6 is 0 Å². The van der Waals surface area contributed by atoms with Crippen molar-refractivity contribution in [1.29, 1.82) is 0 Å². The van der Waals surface area contributed by atoms with E-state index in [9.17, 15) is 9.59 Å². The van der Waals surface area contributed by atoms with E-state index in [1.807, 2.05) is 23.1 Å². The first-order valence-electron chi connectivity index (χ1n) is 8.72. The largest absolute Gasteiger partial charge is 0.478 e. The molecule has 1 amide bonds. The smallest absolute Gasteiger partial charge is 0.338 e. The van der Waals surface area contributed by atoms with Gasteiger partial charge in [0, 0.05) is 25.7 Å². The van der Waals surface area contributed by atoms with Crippen LogP contribution in [-0.4, -0.2) is 44.8 Å². The first-order chi connectivity index (χ1) is 12.1. The molecule has 1 aliphatic heterocycles. The van der Waals surface area contributed by atoms with Crippen molar-refractivity contribution in [2.45, 2.75) is 38.1 Å². The number of hydrogen-bond donors (Lipinski definition) is 1.